The number of para-hydroxylation sites is 3. The summed E-state index contributed by atoms with van der Waals surface area (Å²) in [5.74, 6) is 0.710. The van der Waals surface area contributed by atoms with E-state index in [4.69, 9.17) is 4.74 Å². The molecule has 6 heteroatoms. The average Bonchev–Trinajstić information content (AvgIpc) is 2.70. The first-order valence-corrected chi connectivity index (χ1v) is 9.49. The summed E-state index contributed by atoms with van der Waals surface area (Å²) >= 11 is 0. The number of benzene rings is 2. The minimum absolute atomic E-state index is 0.153. The van der Waals surface area contributed by atoms with Crippen LogP contribution in [0, 0.1) is 5.41 Å². The van der Waals surface area contributed by atoms with Gasteiger partial charge < -0.3 is 19.9 Å². The summed E-state index contributed by atoms with van der Waals surface area (Å²) in [6.07, 6.45) is 0. The Morgan fingerprint density at radius 2 is 1.54 bits per heavy atom. The van der Waals surface area contributed by atoms with Crippen molar-refractivity contribution in [1.82, 2.24) is 9.80 Å². The molecule has 3 rings (SSSR count). The van der Waals surface area contributed by atoms with E-state index in [0.717, 1.165) is 13.1 Å². The van der Waals surface area contributed by atoms with Crippen molar-refractivity contribution < 1.29 is 14.3 Å². The van der Waals surface area contributed by atoms with E-state index in [1.54, 1.807) is 30.9 Å². The zero-order chi connectivity index (χ0) is 20.1. The maximum absolute atomic E-state index is 13.0. The van der Waals surface area contributed by atoms with E-state index in [2.05, 4.69) is 10.2 Å². The second kappa shape index (κ2) is 8.44. The van der Waals surface area contributed by atoms with Gasteiger partial charge in [-0.25, -0.2) is 0 Å². The number of carbonyl (C=O) groups is 2. The molecule has 1 fully saturated rings. The van der Waals surface area contributed by atoms with Gasteiger partial charge in [0.25, 0.3) is 0 Å². The lowest BCUT2D eigenvalue weighted by atomic mass is 9.89. The molecule has 2 aromatic carbocycles. The van der Waals surface area contributed by atoms with Gasteiger partial charge in [0.05, 0.1) is 5.69 Å². The SMILES string of the molecule is CN1CCN(C(=O)C(C)(C)C(=O)Nc2ccccc2Oc2ccccc2)CC1. The lowest BCUT2D eigenvalue weighted by molar-refractivity contribution is -0.147. The quantitative estimate of drug-likeness (QED) is 0.808. The maximum Gasteiger partial charge on any atom is 0.239 e. The van der Waals surface area contributed by atoms with Crippen molar-refractivity contribution in [1.29, 1.82) is 0 Å². The number of ether oxygens (including phenoxy) is 1. The third-order valence-electron chi connectivity index (χ3n) is 5.00. The molecule has 1 heterocycles. The highest BCUT2D eigenvalue weighted by molar-refractivity contribution is 6.10. The number of nitrogens with one attached hydrogen (secondary N) is 1. The molecule has 0 bridgehead atoms. The van der Waals surface area contributed by atoms with Crippen LogP contribution in [0.2, 0.25) is 0 Å². The first kappa shape index (κ1) is 19.9. The highest BCUT2D eigenvalue weighted by atomic mass is 16.5. The molecule has 0 aliphatic carbocycles. The van der Waals surface area contributed by atoms with Crippen LogP contribution < -0.4 is 10.1 Å². The number of likely N-dealkylation sites (N-methyl/N-ethyl adjacent to an activating group) is 1. The Balaban J connectivity index is 1.72. The summed E-state index contributed by atoms with van der Waals surface area (Å²) in [5, 5.41) is 2.88. The summed E-state index contributed by atoms with van der Waals surface area (Å²) < 4.78 is 5.90. The normalized spacial score (nSPS) is 15.2. The smallest absolute Gasteiger partial charge is 0.239 e. The van der Waals surface area contributed by atoms with Crippen LogP contribution >= 0.6 is 0 Å². The molecular formula is C22H27N3O3. The van der Waals surface area contributed by atoms with Crippen LogP contribution in [0.5, 0.6) is 11.5 Å². The van der Waals surface area contributed by atoms with Gasteiger partial charge in [-0.1, -0.05) is 30.3 Å². The zero-order valence-electron chi connectivity index (χ0n) is 16.6. The number of hydrogen-bond donors (Lipinski definition) is 1. The fraction of sp³-hybridized carbons (Fsp3) is 0.364. The Kier molecular flexibility index (Phi) is 5.99. The molecule has 1 aliphatic heterocycles. The van der Waals surface area contributed by atoms with Gasteiger partial charge >= 0.3 is 0 Å². The van der Waals surface area contributed by atoms with Crippen LogP contribution in [0.15, 0.2) is 54.6 Å². The molecule has 0 radical (unpaired) electrons. The minimum Gasteiger partial charge on any atom is -0.455 e. The van der Waals surface area contributed by atoms with E-state index in [9.17, 15) is 9.59 Å². The zero-order valence-corrected chi connectivity index (χ0v) is 16.6. The van der Waals surface area contributed by atoms with Gasteiger partial charge in [-0.2, -0.15) is 0 Å². The molecule has 0 atom stereocenters. The topological polar surface area (TPSA) is 61.9 Å². The third kappa shape index (κ3) is 4.51. The molecule has 0 unspecified atom stereocenters. The van der Waals surface area contributed by atoms with Crippen LogP contribution in [0.25, 0.3) is 0 Å². The highest BCUT2D eigenvalue weighted by Gasteiger charge is 2.40. The second-order valence-corrected chi connectivity index (χ2v) is 7.59. The summed E-state index contributed by atoms with van der Waals surface area (Å²) in [6, 6.07) is 16.6. The standard InChI is InChI=1S/C22H27N3O3/c1-22(2,21(27)25-15-13-24(3)14-16-25)20(26)23-18-11-7-8-12-19(18)28-17-9-5-4-6-10-17/h4-12H,13-16H2,1-3H3,(H,23,26). The summed E-state index contributed by atoms with van der Waals surface area (Å²) in [5.41, 5.74) is -0.633. The van der Waals surface area contributed by atoms with Crippen molar-refractivity contribution in [3.8, 4) is 11.5 Å². The molecule has 148 valence electrons. The first-order valence-electron chi connectivity index (χ1n) is 9.49. The van der Waals surface area contributed by atoms with E-state index in [0.29, 0.717) is 30.3 Å². The number of carbonyl (C=O) groups excluding carboxylic acids is 2. The highest BCUT2D eigenvalue weighted by Crippen LogP contribution is 2.31. The fourth-order valence-electron chi connectivity index (χ4n) is 3.05. The molecule has 0 saturated carbocycles. The second-order valence-electron chi connectivity index (χ2n) is 7.59. The van der Waals surface area contributed by atoms with Gasteiger partial charge in [-0.05, 0) is 45.2 Å². The molecule has 2 amide bonds. The van der Waals surface area contributed by atoms with Crippen molar-refractivity contribution in [3.05, 3.63) is 54.6 Å². The van der Waals surface area contributed by atoms with Crippen LogP contribution in [-0.4, -0.2) is 54.8 Å². The Bertz CT molecular complexity index is 828. The number of nitrogens with zero attached hydrogens (tertiary/aromatic N) is 2. The molecule has 1 saturated heterocycles. The number of amides is 2. The summed E-state index contributed by atoms with van der Waals surface area (Å²) in [7, 11) is 2.03. The number of hydrogen-bond acceptors (Lipinski definition) is 4. The van der Waals surface area contributed by atoms with Crippen molar-refractivity contribution in [3.63, 3.8) is 0 Å². The Morgan fingerprint density at radius 1 is 0.929 bits per heavy atom. The molecule has 1 aliphatic rings. The number of anilines is 1. The minimum atomic E-state index is -1.17. The number of rotatable bonds is 5. The van der Waals surface area contributed by atoms with Gasteiger partial charge in [-0.15, -0.1) is 0 Å². The molecule has 0 spiro atoms. The molecule has 6 nitrogen and oxygen atoms in total. The van der Waals surface area contributed by atoms with E-state index in [1.165, 1.54) is 0 Å². The van der Waals surface area contributed by atoms with E-state index in [-0.39, 0.29) is 11.8 Å². The largest absolute Gasteiger partial charge is 0.455 e. The van der Waals surface area contributed by atoms with Gasteiger partial charge in [0.1, 0.15) is 11.2 Å². The lowest BCUT2D eigenvalue weighted by Gasteiger charge is -2.36. The van der Waals surface area contributed by atoms with E-state index < -0.39 is 5.41 Å². The summed E-state index contributed by atoms with van der Waals surface area (Å²) in [4.78, 5) is 29.9. The first-order chi connectivity index (χ1) is 13.4. The van der Waals surface area contributed by atoms with Gasteiger partial charge in [0.2, 0.25) is 11.8 Å². The molecule has 2 aromatic rings. The third-order valence-corrected chi connectivity index (χ3v) is 5.00. The van der Waals surface area contributed by atoms with Crippen molar-refractivity contribution >= 4 is 17.5 Å². The van der Waals surface area contributed by atoms with E-state index in [1.807, 2.05) is 49.5 Å². The Labute approximate surface area is 166 Å². The molecule has 0 aromatic heterocycles. The van der Waals surface area contributed by atoms with Crippen LogP contribution in [0.3, 0.4) is 0 Å². The fourth-order valence-corrected chi connectivity index (χ4v) is 3.05. The van der Waals surface area contributed by atoms with Crippen molar-refractivity contribution in [2.24, 2.45) is 5.41 Å². The predicted molar refractivity (Wildman–Crippen MR) is 109 cm³/mol. The van der Waals surface area contributed by atoms with Crippen LogP contribution in [0.4, 0.5) is 5.69 Å². The average molecular weight is 381 g/mol. The number of piperazine rings is 1. The predicted octanol–water partition coefficient (Wildman–Crippen LogP) is 3.22. The molecular weight excluding hydrogens is 354 g/mol. The monoisotopic (exact) mass is 381 g/mol. The lowest BCUT2D eigenvalue weighted by Crippen LogP contribution is -2.53. The van der Waals surface area contributed by atoms with E-state index >= 15 is 0 Å². The van der Waals surface area contributed by atoms with Crippen LogP contribution in [-0.2, 0) is 9.59 Å². The molecule has 1 N–H and O–H groups in total. The Hall–Kier alpha value is -2.86. The van der Waals surface area contributed by atoms with Gasteiger partial charge in [-0.3, -0.25) is 9.59 Å². The molecule has 28 heavy (non-hydrogen) atoms. The van der Waals surface area contributed by atoms with Crippen molar-refractivity contribution in [2.45, 2.75) is 13.8 Å². The maximum atomic E-state index is 13.0. The van der Waals surface area contributed by atoms with Crippen molar-refractivity contribution in [2.75, 3.05) is 38.5 Å². The van der Waals surface area contributed by atoms with Crippen LogP contribution in [0.1, 0.15) is 13.8 Å². The Morgan fingerprint density at radius 3 is 2.21 bits per heavy atom. The van der Waals surface area contributed by atoms with Gasteiger partial charge in [0, 0.05) is 26.2 Å². The van der Waals surface area contributed by atoms with Gasteiger partial charge in [0.15, 0.2) is 5.75 Å². The summed E-state index contributed by atoms with van der Waals surface area (Å²) in [6.45, 7) is 6.25.